The third-order valence-electron chi connectivity index (χ3n) is 5.11. The standard InChI is InChI=1S/C25H24BrN3O/c1-25(2,3)18-9-5-17(6-10-18)24-27-22-14-11-19(26)15-21(22)23(28-29-24)16-7-12-20(30-4)13-8-16/h5-15H,1-4H3,(H,27,29). The Balaban J connectivity index is 1.77. The van der Waals surface area contributed by atoms with E-state index in [1.54, 1.807) is 7.11 Å². The van der Waals surface area contributed by atoms with Gasteiger partial charge in [-0.1, -0.05) is 61.0 Å². The molecule has 0 amide bonds. The number of hydrogen-bond acceptors (Lipinski definition) is 4. The Labute approximate surface area is 185 Å². The van der Waals surface area contributed by atoms with Gasteiger partial charge >= 0.3 is 0 Å². The first-order valence-electron chi connectivity index (χ1n) is 9.83. The molecule has 0 atom stereocenters. The number of nitrogens with one attached hydrogen (secondary N) is 1. The molecule has 0 saturated carbocycles. The van der Waals surface area contributed by atoms with Gasteiger partial charge in [-0.25, -0.2) is 4.99 Å². The molecule has 0 unspecified atom stereocenters. The second-order valence-corrected chi connectivity index (χ2v) is 9.17. The van der Waals surface area contributed by atoms with E-state index in [0.29, 0.717) is 0 Å². The molecule has 3 aromatic rings. The zero-order chi connectivity index (χ0) is 21.3. The van der Waals surface area contributed by atoms with Crippen molar-refractivity contribution in [2.45, 2.75) is 26.2 Å². The van der Waals surface area contributed by atoms with Crippen molar-refractivity contribution in [3.8, 4) is 5.75 Å². The normalized spacial score (nSPS) is 13.5. The fourth-order valence-electron chi connectivity index (χ4n) is 3.34. The van der Waals surface area contributed by atoms with Crippen molar-refractivity contribution in [3.05, 3.63) is 93.5 Å². The molecule has 3 aromatic carbocycles. The van der Waals surface area contributed by atoms with Crippen molar-refractivity contribution in [1.82, 2.24) is 5.43 Å². The Hall–Kier alpha value is -2.92. The summed E-state index contributed by atoms with van der Waals surface area (Å²) in [7, 11) is 1.66. The fraction of sp³-hybridized carbons (Fsp3) is 0.200. The van der Waals surface area contributed by atoms with Crippen molar-refractivity contribution >= 4 is 33.2 Å². The number of benzene rings is 3. The van der Waals surface area contributed by atoms with Gasteiger partial charge in [-0.2, -0.15) is 5.10 Å². The van der Waals surface area contributed by atoms with Crippen LogP contribution >= 0.6 is 15.9 Å². The Kier molecular flexibility index (Phi) is 5.48. The van der Waals surface area contributed by atoms with Gasteiger partial charge in [0.1, 0.15) is 11.5 Å². The summed E-state index contributed by atoms with van der Waals surface area (Å²) in [5.74, 6) is 1.54. The lowest BCUT2D eigenvalue weighted by Crippen LogP contribution is -2.20. The number of hydrogen-bond donors (Lipinski definition) is 1. The highest BCUT2D eigenvalue weighted by Crippen LogP contribution is 2.30. The molecule has 0 aromatic heterocycles. The van der Waals surface area contributed by atoms with Gasteiger partial charge in [-0.05, 0) is 53.4 Å². The second-order valence-electron chi connectivity index (χ2n) is 8.25. The van der Waals surface area contributed by atoms with Crippen molar-refractivity contribution in [3.63, 3.8) is 0 Å². The van der Waals surface area contributed by atoms with Gasteiger partial charge in [0.25, 0.3) is 0 Å². The van der Waals surface area contributed by atoms with Gasteiger partial charge < -0.3 is 4.74 Å². The number of amidine groups is 1. The highest BCUT2D eigenvalue weighted by atomic mass is 79.9. The van der Waals surface area contributed by atoms with Gasteiger partial charge in [0, 0.05) is 21.2 Å². The third kappa shape index (κ3) is 4.17. The van der Waals surface area contributed by atoms with E-state index in [-0.39, 0.29) is 5.41 Å². The van der Waals surface area contributed by atoms with E-state index in [9.17, 15) is 0 Å². The minimum absolute atomic E-state index is 0.107. The molecule has 0 radical (unpaired) electrons. The predicted octanol–water partition coefficient (Wildman–Crippen LogP) is 6.19. The second kappa shape index (κ2) is 8.07. The maximum atomic E-state index is 5.29. The third-order valence-corrected chi connectivity index (χ3v) is 5.60. The molecule has 152 valence electrons. The summed E-state index contributed by atoms with van der Waals surface area (Å²) in [6, 6.07) is 22.4. The van der Waals surface area contributed by atoms with Crippen molar-refractivity contribution in [1.29, 1.82) is 0 Å². The van der Waals surface area contributed by atoms with Crippen LogP contribution in [0.2, 0.25) is 0 Å². The quantitative estimate of drug-likeness (QED) is 0.505. The molecule has 5 heteroatoms. The zero-order valence-corrected chi connectivity index (χ0v) is 19.1. The van der Waals surface area contributed by atoms with E-state index < -0.39 is 0 Å². The minimum Gasteiger partial charge on any atom is -0.497 e. The molecule has 0 saturated heterocycles. The predicted molar refractivity (Wildman–Crippen MR) is 127 cm³/mol. The lowest BCUT2D eigenvalue weighted by atomic mass is 9.86. The summed E-state index contributed by atoms with van der Waals surface area (Å²) >= 11 is 3.58. The summed E-state index contributed by atoms with van der Waals surface area (Å²) in [5.41, 5.74) is 9.23. The molecule has 0 aliphatic carbocycles. The summed E-state index contributed by atoms with van der Waals surface area (Å²) in [6.45, 7) is 6.63. The number of methoxy groups -OCH3 is 1. The molecular weight excluding hydrogens is 438 g/mol. The first kappa shape index (κ1) is 20.4. The smallest absolute Gasteiger partial charge is 0.154 e. The van der Waals surface area contributed by atoms with Crippen LogP contribution in [0.4, 0.5) is 5.69 Å². The highest BCUT2D eigenvalue weighted by Gasteiger charge is 2.19. The molecule has 4 rings (SSSR count). The minimum atomic E-state index is 0.107. The summed E-state index contributed by atoms with van der Waals surface area (Å²) in [4.78, 5) is 4.90. The number of halogens is 1. The molecule has 1 N–H and O–H groups in total. The van der Waals surface area contributed by atoms with E-state index in [1.165, 1.54) is 5.56 Å². The van der Waals surface area contributed by atoms with Crippen LogP contribution in [0.25, 0.3) is 0 Å². The summed E-state index contributed by atoms with van der Waals surface area (Å²) in [5, 5.41) is 4.73. The van der Waals surface area contributed by atoms with Crippen LogP contribution in [0.3, 0.4) is 0 Å². The lowest BCUT2D eigenvalue weighted by Gasteiger charge is -2.19. The van der Waals surface area contributed by atoms with Crippen LogP contribution in [-0.4, -0.2) is 18.7 Å². The summed E-state index contributed by atoms with van der Waals surface area (Å²) < 4.78 is 6.27. The Morgan fingerprint density at radius 2 is 1.53 bits per heavy atom. The fourth-order valence-corrected chi connectivity index (χ4v) is 3.70. The maximum Gasteiger partial charge on any atom is 0.154 e. The van der Waals surface area contributed by atoms with Crippen molar-refractivity contribution < 1.29 is 4.74 Å². The number of fused-ring (bicyclic) bond motifs is 1. The van der Waals surface area contributed by atoms with Crippen LogP contribution in [0.15, 0.2) is 81.3 Å². The molecule has 4 nitrogen and oxygen atoms in total. The monoisotopic (exact) mass is 461 g/mol. The molecule has 30 heavy (non-hydrogen) atoms. The lowest BCUT2D eigenvalue weighted by molar-refractivity contribution is 0.415. The number of hydrazone groups is 1. The molecule has 1 aliphatic heterocycles. The van der Waals surface area contributed by atoms with E-state index in [0.717, 1.165) is 44.1 Å². The van der Waals surface area contributed by atoms with E-state index in [1.807, 2.05) is 36.4 Å². The van der Waals surface area contributed by atoms with Crippen LogP contribution in [0.1, 0.15) is 43.0 Å². The first-order valence-corrected chi connectivity index (χ1v) is 10.6. The molecule has 0 bridgehead atoms. The average Bonchev–Trinajstić information content (AvgIpc) is 2.93. The van der Waals surface area contributed by atoms with Crippen LogP contribution < -0.4 is 10.2 Å². The number of rotatable bonds is 3. The van der Waals surface area contributed by atoms with E-state index in [2.05, 4.69) is 72.5 Å². The number of ether oxygens (including phenoxy) is 1. The maximum absolute atomic E-state index is 5.29. The van der Waals surface area contributed by atoms with E-state index in [4.69, 9.17) is 14.8 Å². The molecular formula is C25H24BrN3O. The Bertz CT molecular complexity index is 1120. The largest absolute Gasteiger partial charge is 0.497 e. The Morgan fingerprint density at radius 3 is 2.17 bits per heavy atom. The van der Waals surface area contributed by atoms with Gasteiger partial charge in [0.2, 0.25) is 0 Å². The van der Waals surface area contributed by atoms with Crippen molar-refractivity contribution in [2.75, 3.05) is 7.11 Å². The van der Waals surface area contributed by atoms with Gasteiger partial charge in [-0.15, -0.1) is 0 Å². The zero-order valence-electron chi connectivity index (χ0n) is 17.5. The van der Waals surface area contributed by atoms with Crippen molar-refractivity contribution in [2.24, 2.45) is 10.1 Å². The number of aliphatic imine (C=N–C) groups is 1. The molecule has 1 heterocycles. The summed E-state index contributed by atoms with van der Waals surface area (Å²) in [6.07, 6.45) is 0. The van der Waals surface area contributed by atoms with Gasteiger partial charge in [0.05, 0.1) is 12.8 Å². The van der Waals surface area contributed by atoms with Crippen LogP contribution in [0.5, 0.6) is 5.75 Å². The molecule has 1 aliphatic rings. The van der Waals surface area contributed by atoms with Crippen LogP contribution in [-0.2, 0) is 5.41 Å². The molecule has 0 spiro atoms. The van der Waals surface area contributed by atoms with Crippen LogP contribution in [0, 0.1) is 0 Å². The van der Waals surface area contributed by atoms with E-state index >= 15 is 0 Å². The highest BCUT2D eigenvalue weighted by molar-refractivity contribution is 9.10. The Morgan fingerprint density at radius 1 is 0.867 bits per heavy atom. The topological polar surface area (TPSA) is 46.0 Å². The number of nitrogens with zero attached hydrogens (tertiary/aromatic N) is 2. The van der Waals surface area contributed by atoms with Gasteiger partial charge in [0.15, 0.2) is 5.84 Å². The first-order chi connectivity index (χ1) is 14.3. The SMILES string of the molecule is COc1ccc(C2=NNC(c3ccc(C(C)(C)C)cc3)=Nc3ccc(Br)cc32)cc1. The van der Waals surface area contributed by atoms with Gasteiger partial charge in [-0.3, -0.25) is 5.43 Å². The average molecular weight is 462 g/mol. The molecule has 0 fully saturated rings.